The molecule has 1 aromatic carbocycles. The second kappa shape index (κ2) is 10.3. The molecule has 0 unspecified atom stereocenters. The van der Waals surface area contributed by atoms with Gasteiger partial charge in [-0.3, -0.25) is 14.8 Å². The third kappa shape index (κ3) is 5.61. The van der Waals surface area contributed by atoms with Crippen LogP contribution in [0, 0.1) is 6.92 Å². The van der Waals surface area contributed by atoms with Crippen molar-refractivity contribution in [3.63, 3.8) is 0 Å². The van der Waals surface area contributed by atoms with Gasteiger partial charge < -0.3 is 10.2 Å². The topological polar surface area (TPSA) is 105 Å². The minimum atomic E-state index is -3.42. The summed E-state index contributed by atoms with van der Waals surface area (Å²) >= 11 is 0. The standard InChI is InChI=1S/C28H29N5O3S/c1-19-5-6-21(14-26(19)37(2,35)36)28(34)31-17-24-15-25-22(16-30-24)7-8-27(32-25)33-13-3-4-23(18-33)20-9-11-29-12-10-20/h5-12,14-16,23H,3-4,13,17-18H2,1-2H3,(H,31,34)/t23-/m0/s1. The van der Waals surface area contributed by atoms with Gasteiger partial charge in [-0.1, -0.05) is 6.07 Å². The number of nitrogens with one attached hydrogen (secondary N) is 1. The lowest BCUT2D eigenvalue weighted by molar-refractivity contribution is 0.0950. The van der Waals surface area contributed by atoms with Crippen molar-refractivity contribution in [2.45, 2.75) is 37.1 Å². The molecule has 1 saturated heterocycles. The summed E-state index contributed by atoms with van der Waals surface area (Å²) in [5.74, 6) is 1.02. The first-order valence-corrected chi connectivity index (χ1v) is 14.2. The van der Waals surface area contributed by atoms with Gasteiger partial charge in [0.2, 0.25) is 0 Å². The summed E-state index contributed by atoms with van der Waals surface area (Å²) < 4.78 is 24.0. The molecule has 4 aromatic rings. The molecule has 1 N–H and O–H groups in total. The van der Waals surface area contributed by atoms with E-state index in [1.807, 2.05) is 30.6 Å². The molecular formula is C28H29N5O3S. The number of anilines is 1. The number of hydrogen-bond donors (Lipinski definition) is 1. The van der Waals surface area contributed by atoms with Crippen molar-refractivity contribution in [3.8, 4) is 0 Å². The van der Waals surface area contributed by atoms with E-state index < -0.39 is 9.84 Å². The van der Waals surface area contributed by atoms with Gasteiger partial charge in [-0.15, -0.1) is 0 Å². The van der Waals surface area contributed by atoms with E-state index in [2.05, 4.69) is 32.3 Å². The third-order valence-corrected chi connectivity index (χ3v) is 8.06. The molecule has 0 radical (unpaired) electrons. The summed E-state index contributed by atoms with van der Waals surface area (Å²) in [5.41, 5.74) is 3.70. The fraction of sp³-hybridized carbons (Fsp3) is 0.286. The number of carbonyl (C=O) groups is 1. The van der Waals surface area contributed by atoms with E-state index in [1.54, 1.807) is 25.3 Å². The van der Waals surface area contributed by atoms with Crippen molar-refractivity contribution in [3.05, 3.63) is 89.5 Å². The van der Waals surface area contributed by atoms with E-state index in [0.717, 1.165) is 48.9 Å². The molecule has 8 nitrogen and oxygen atoms in total. The second-order valence-electron chi connectivity index (χ2n) is 9.54. The molecule has 0 aliphatic carbocycles. The van der Waals surface area contributed by atoms with Crippen LogP contribution in [0.2, 0.25) is 0 Å². The minimum Gasteiger partial charge on any atom is -0.356 e. The molecule has 1 aliphatic heterocycles. The molecule has 1 fully saturated rings. The van der Waals surface area contributed by atoms with E-state index in [9.17, 15) is 13.2 Å². The number of rotatable bonds is 6. The highest BCUT2D eigenvalue weighted by Gasteiger charge is 2.22. The lowest BCUT2D eigenvalue weighted by Crippen LogP contribution is -2.34. The Kier molecular flexibility index (Phi) is 6.88. The van der Waals surface area contributed by atoms with Crippen LogP contribution in [0.1, 0.15) is 45.9 Å². The molecule has 37 heavy (non-hydrogen) atoms. The van der Waals surface area contributed by atoms with E-state index in [1.165, 1.54) is 11.6 Å². The van der Waals surface area contributed by atoms with Gasteiger partial charge in [0.05, 0.1) is 22.7 Å². The van der Waals surface area contributed by atoms with E-state index >= 15 is 0 Å². The number of benzene rings is 1. The molecule has 3 aromatic heterocycles. The van der Waals surface area contributed by atoms with Gasteiger partial charge in [-0.25, -0.2) is 13.4 Å². The number of sulfone groups is 1. The zero-order valence-electron chi connectivity index (χ0n) is 20.9. The molecule has 5 rings (SSSR count). The van der Waals surface area contributed by atoms with Crippen LogP contribution in [0.25, 0.3) is 10.9 Å². The maximum absolute atomic E-state index is 12.7. The Morgan fingerprint density at radius 3 is 2.70 bits per heavy atom. The van der Waals surface area contributed by atoms with Crippen LogP contribution in [0.5, 0.6) is 0 Å². The second-order valence-corrected chi connectivity index (χ2v) is 11.5. The number of pyridine rings is 3. The molecule has 4 heterocycles. The van der Waals surface area contributed by atoms with Crippen LogP contribution >= 0.6 is 0 Å². The van der Waals surface area contributed by atoms with Crippen LogP contribution in [-0.2, 0) is 16.4 Å². The number of hydrogen-bond acceptors (Lipinski definition) is 7. The van der Waals surface area contributed by atoms with Crippen LogP contribution in [0.4, 0.5) is 5.82 Å². The van der Waals surface area contributed by atoms with Crippen LogP contribution in [0.3, 0.4) is 0 Å². The van der Waals surface area contributed by atoms with Gasteiger partial charge in [-0.05, 0) is 73.4 Å². The maximum atomic E-state index is 12.7. The molecule has 0 saturated carbocycles. The van der Waals surface area contributed by atoms with Gasteiger partial charge >= 0.3 is 0 Å². The highest BCUT2D eigenvalue weighted by Crippen LogP contribution is 2.29. The lowest BCUT2D eigenvalue weighted by Gasteiger charge is -2.34. The summed E-state index contributed by atoms with van der Waals surface area (Å²) in [6, 6.07) is 14.8. The number of aromatic nitrogens is 3. The van der Waals surface area contributed by atoms with Crippen LogP contribution < -0.4 is 10.2 Å². The van der Waals surface area contributed by atoms with Crippen molar-refractivity contribution < 1.29 is 13.2 Å². The van der Waals surface area contributed by atoms with Crippen molar-refractivity contribution in [2.24, 2.45) is 0 Å². The smallest absolute Gasteiger partial charge is 0.251 e. The number of amides is 1. The Hall–Kier alpha value is -3.85. The van der Waals surface area contributed by atoms with Crippen LogP contribution in [0.15, 0.2) is 72.0 Å². The number of nitrogens with zero attached hydrogens (tertiary/aromatic N) is 4. The number of aryl methyl sites for hydroxylation is 1. The summed E-state index contributed by atoms with van der Waals surface area (Å²) in [7, 11) is -3.42. The summed E-state index contributed by atoms with van der Waals surface area (Å²) in [6.07, 6.45) is 8.84. The average molecular weight is 516 g/mol. The highest BCUT2D eigenvalue weighted by molar-refractivity contribution is 7.90. The number of piperidine rings is 1. The Morgan fingerprint density at radius 1 is 1.11 bits per heavy atom. The Bertz CT molecular complexity index is 1560. The molecule has 1 atom stereocenters. The van der Waals surface area contributed by atoms with Gasteiger partial charge in [0, 0.05) is 54.8 Å². The van der Waals surface area contributed by atoms with Crippen molar-refractivity contribution in [2.75, 3.05) is 24.2 Å². The fourth-order valence-corrected chi connectivity index (χ4v) is 5.82. The third-order valence-electron chi connectivity index (χ3n) is 6.82. The first kappa shape index (κ1) is 24.8. The molecule has 190 valence electrons. The quantitative estimate of drug-likeness (QED) is 0.413. The number of fused-ring (bicyclic) bond motifs is 1. The van der Waals surface area contributed by atoms with Crippen molar-refractivity contribution in [1.29, 1.82) is 0 Å². The summed E-state index contributed by atoms with van der Waals surface area (Å²) in [6.45, 7) is 3.78. The minimum absolute atomic E-state index is 0.157. The fourth-order valence-electron chi connectivity index (χ4n) is 4.83. The summed E-state index contributed by atoms with van der Waals surface area (Å²) in [5, 5.41) is 3.77. The highest BCUT2D eigenvalue weighted by atomic mass is 32.2. The van der Waals surface area contributed by atoms with Gasteiger partial charge in [0.25, 0.3) is 5.91 Å². The maximum Gasteiger partial charge on any atom is 0.251 e. The molecule has 1 aliphatic rings. The predicted octanol–water partition coefficient (Wildman–Crippen LogP) is 4.05. The lowest BCUT2D eigenvalue weighted by atomic mass is 9.91. The molecule has 1 amide bonds. The zero-order chi connectivity index (χ0) is 26.0. The SMILES string of the molecule is Cc1ccc(C(=O)NCc2cc3nc(N4CCC[C@H](c5ccncc5)C4)ccc3cn2)cc1S(C)(=O)=O. The van der Waals surface area contributed by atoms with E-state index in [0.29, 0.717) is 22.7 Å². The van der Waals surface area contributed by atoms with E-state index in [-0.39, 0.29) is 17.3 Å². The monoisotopic (exact) mass is 515 g/mol. The number of carbonyl (C=O) groups excluding carboxylic acids is 1. The van der Waals surface area contributed by atoms with Gasteiger partial charge in [0.1, 0.15) is 5.82 Å². The average Bonchev–Trinajstić information content (AvgIpc) is 2.91. The molecular weight excluding hydrogens is 486 g/mol. The van der Waals surface area contributed by atoms with Crippen molar-refractivity contribution in [1.82, 2.24) is 20.3 Å². The Balaban J connectivity index is 1.30. The predicted molar refractivity (Wildman–Crippen MR) is 143 cm³/mol. The summed E-state index contributed by atoms with van der Waals surface area (Å²) in [4.78, 5) is 28.7. The van der Waals surface area contributed by atoms with Crippen molar-refractivity contribution >= 4 is 32.5 Å². The molecule has 0 spiro atoms. The molecule has 0 bridgehead atoms. The first-order chi connectivity index (χ1) is 17.8. The Labute approximate surface area is 216 Å². The van der Waals surface area contributed by atoms with Gasteiger partial charge in [0.15, 0.2) is 9.84 Å². The Morgan fingerprint density at radius 2 is 1.92 bits per heavy atom. The van der Waals surface area contributed by atoms with Gasteiger partial charge in [-0.2, -0.15) is 0 Å². The zero-order valence-corrected chi connectivity index (χ0v) is 21.7. The molecule has 9 heteroatoms. The largest absolute Gasteiger partial charge is 0.356 e. The van der Waals surface area contributed by atoms with E-state index in [4.69, 9.17) is 4.98 Å². The first-order valence-electron chi connectivity index (χ1n) is 12.3. The van der Waals surface area contributed by atoms with Crippen LogP contribution in [-0.4, -0.2) is 48.6 Å². The normalized spacial score (nSPS) is 16.1.